The molecule has 2 aromatic carbocycles. The molecular formula is C18H11NO4. The molecule has 5 nitrogen and oxygen atoms in total. The summed E-state index contributed by atoms with van der Waals surface area (Å²) < 4.78 is 5.48. The maximum absolute atomic E-state index is 12.8. The van der Waals surface area contributed by atoms with Gasteiger partial charge in [0.25, 0.3) is 0 Å². The van der Waals surface area contributed by atoms with Gasteiger partial charge in [-0.1, -0.05) is 12.1 Å². The zero-order chi connectivity index (χ0) is 16.6. The van der Waals surface area contributed by atoms with Gasteiger partial charge in [-0.3, -0.25) is 9.59 Å². The summed E-state index contributed by atoms with van der Waals surface area (Å²) in [6.07, 6.45) is 1.80. The van der Waals surface area contributed by atoms with Crippen molar-refractivity contribution < 1.29 is 14.3 Å². The van der Waals surface area contributed by atoms with Crippen LogP contribution in [0.2, 0.25) is 0 Å². The number of benzene rings is 2. The van der Waals surface area contributed by atoms with Crippen molar-refractivity contribution in [3.63, 3.8) is 0 Å². The molecule has 3 aromatic rings. The van der Waals surface area contributed by atoms with Gasteiger partial charge < -0.3 is 9.52 Å². The van der Waals surface area contributed by atoms with Gasteiger partial charge in [-0.25, -0.2) is 0 Å². The Kier molecular flexibility index (Phi) is 3.43. The minimum Gasteiger partial charge on any atom is -0.507 e. The second-order valence-corrected chi connectivity index (χ2v) is 5.11. The second kappa shape index (κ2) is 5.43. The van der Waals surface area contributed by atoms with Crippen LogP contribution in [-0.4, -0.2) is 11.4 Å². The summed E-state index contributed by atoms with van der Waals surface area (Å²) in [5.41, 5.74) is 1.67. The number of fused-ring (bicyclic) bond motifs is 1. The van der Waals surface area contributed by atoms with Crippen LogP contribution in [0.25, 0.3) is 22.1 Å². The predicted octanol–water partition coefficient (Wildman–Crippen LogP) is 3.16. The van der Waals surface area contributed by atoms with Crippen molar-refractivity contribution in [1.82, 2.24) is 0 Å². The Morgan fingerprint density at radius 1 is 1.26 bits per heavy atom. The number of hydrogen-bond donors (Lipinski definition) is 1. The first kappa shape index (κ1) is 14.5. The van der Waals surface area contributed by atoms with Crippen LogP contribution in [0.4, 0.5) is 0 Å². The van der Waals surface area contributed by atoms with Crippen LogP contribution in [0.5, 0.6) is 5.75 Å². The first-order valence-electron chi connectivity index (χ1n) is 6.80. The van der Waals surface area contributed by atoms with E-state index in [1.165, 1.54) is 24.5 Å². The standard InChI is InChI=1S/C18H11NO4/c1-10-2-5-16-17(13(10)7-19)18(22)14(9-23-16)11-3-4-15(21)12(6-11)8-20/h2-6,8-9,21H,1H3. The van der Waals surface area contributed by atoms with E-state index in [9.17, 15) is 20.0 Å². The maximum atomic E-state index is 12.8. The molecule has 0 amide bonds. The lowest BCUT2D eigenvalue weighted by Crippen LogP contribution is -2.07. The number of aldehydes is 1. The van der Waals surface area contributed by atoms with Gasteiger partial charge in [0, 0.05) is 0 Å². The number of rotatable bonds is 2. The smallest absolute Gasteiger partial charge is 0.201 e. The molecule has 23 heavy (non-hydrogen) atoms. The van der Waals surface area contributed by atoms with E-state index >= 15 is 0 Å². The summed E-state index contributed by atoms with van der Waals surface area (Å²) in [5.74, 6) is -0.164. The average molecular weight is 305 g/mol. The van der Waals surface area contributed by atoms with Crippen LogP contribution < -0.4 is 5.43 Å². The van der Waals surface area contributed by atoms with Crippen LogP contribution >= 0.6 is 0 Å². The lowest BCUT2D eigenvalue weighted by molar-refractivity contribution is 0.112. The lowest BCUT2D eigenvalue weighted by atomic mass is 9.99. The molecule has 0 aliphatic heterocycles. The molecule has 1 heterocycles. The number of phenolic OH excluding ortho intramolecular Hbond substituents is 1. The first-order chi connectivity index (χ1) is 11.1. The molecule has 0 spiro atoms. The van der Waals surface area contributed by atoms with Gasteiger partial charge in [0.05, 0.1) is 22.1 Å². The highest BCUT2D eigenvalue weighted by atomic mass is 16.3. The molecule has 1 N–H and O–H groups in total. The van der Waals surface area contributed by atoms with Crippen molar-refractivity contribution in [2.24, 2.45) is 0 Å². The highest BCUT2D eigenvalue weighted by Gasteiger charge is 2.15. The lowest BCUT2D eigenvalue weighted by Gasteiger charge is -2.06. The Hall–Kier alpha value is -3.39. The number of aryl methyl sites for hydroxylation is 1. The monoisotopic (exact) mass is 305 g/mol. The summed E-state index contributed by atoms with van der Waals surface area (Å²) >= 11 is 0. The molecule has 0 bridgehead atoms. The van der Waals surface area contributed by atoms with E-state index in [1.807, 2.05) is 6.07 Å². The van der Waals surface area contributed by atoms with Gasteiger partial charge in [0.15, 0.2) is 6.29 Å². The molecule has 0 saturated heterocycles. The van der Waals surface area contributed by atoms with Crippen molar-refractivity contribution >= 4 is 17.3 Å². The molecule has 5 heteroatoms. The molecule has 112 valence electrons. The Balaban J connectivity index is 2.37. The largest absolute Gasteiger partial charge is 0.507 e. The minimum absolute atomic E-state index is 0.0757. The van der Waals surface area contributed by atoms with Crippen LogP contribution in [0.15, 0.2) is 45.8 Å². The molecule has 0 aliphatic rings. The summed E-state index contributed by atoms with van der Waals surface area (Å²) in [4.78, 5) is 23.7. The van der Waals surface area contributed by atoms with Crippen molar-refractivity contribution in [3.05, 3.63) is 63.5 Å². The molecule has 1 aromatic heterocycles. The molecule has 0 atom stereocenters. The van der Waals surface area contributed by atoms with Gasteiger partial charge in [-0.05, 0) is 36.2 Å². The van der Waals surface area contributed by atoms with Gasteiger partial charge in [0.2, 0.25) is 5.43 Å². The number of hydrogen-bond acceptors (Lipinski definition) is 5. The molecule has 3 rings (SSSR count). The van der Waals surface area contributed by atoms with Gasteiger partial charge in [-0.2, -0.15) is 5.26 Å². The van der Waals surface area contributed by atoms with Gasteiger partial charge >= 0.3 is 0 Å². The van der Waals surface area contributed by atoms with Crippen LogP contribution in [0, 0.1) is 18.3 Å². The van der Waals surface area contributed by atoms with E-state index < -0.39 is 0 Å². The number of nitriles is 1. The third-order valence-electron chi connectivity index (χ3n) is 3.73. The topological polar surface area (TPSA) is 91.3 Å². The van der Waals surface area contributed by atoms with Crippen molar-refractivity contribution in [2.45, 2.75) is 6.92 Å². The zero-order valence-corrected chi connectivity index (χ0v) is 12.2. The van der Waals surface area contributed by atoms with E-state index in [-0.39, 0.29) is 33.3 Å². The Morgan fingerprint density at radius 3 is 2.74 bits per heavy atom. The van der Waals surface area contributed by atoms with Crippen molar-refractivity contribution in [1.29, 1.82) is 5.26 Å². The molecule has 0 radical (unpaired) electrons. The van der Waals surface area contributed by atoms with E-state index in [2.05, 4.69) is 0 Å². The third kappa shape index (κ3) is 2.27. The summed E-state index contributed by atoms with van der Waals surface area (Å²) in [5, 5.41) is 19.1. The van der Waals surface area contributed by atoms with Gasteiger partial charge in [-0.15, -0.1) is 0 Å². The molecular weight excluding hydrogens is 294 g/mol. The van der Waals surface area contributed by atoms with E-state index in [1.54, 1.807) is 19.1 Å². The minimum atomic E-state index is -0.353. The summed E-state index contributed by atoms with van der Waals surface area (Å²) in [7, 11) is 0. The number of nitrogens with zero attached hydrogens (tertiary/aromatic N) is 1. The summed E-state index contributed by atoms with van der Waals surface area (Å²) in [6, 6.07) is 9.65. The zero-order valence-electron chi connectivity index (χ0n) is 12.2. The Morgan fingerprint density at radius 2 is 2.04 bits per heavy atom. The molecule has 0 aliphatic carbocycles. The number of phenols is 1. The van der Waals surface area contributed by atoms with E-state index in [0.29, 0.717) is 23.0 Å². The summed E-state index contributed by atoms with van der Waals surface area (Å²) in [6.45, 7) is 1.75. The Labute approximate surface area is 131 Å². The quantitative estimate of drug-likeness (QED) is 0.734. The predicted molar refractivity (Wildman–Crippen MR) is 84.4 cm³/mol. The van der Waals surface area contributed by atoms with Crippen LogP contribution in [0.1, 0.15) is 21.5 Å². The Bertz CT molecular complexity index is 1040. The van der Waals surface area contributed by atoms with E-state index in [0.717, 1.165) is 0 Å². The van der Waals surface area contributed by atoms with Gasteiger partial charge in [0.1, 0.15) is 23.7 Å². The van der Waals surface area contributed by atoms with Crippen LogP contribution in [0.3, 0.4) is 0 Å². The fourth-order valence-corrected chi connectivity index (χ4v) is 2.48. The third-order valence-corrected chi connectivity index (χ3v) is 3.73. The van der Waals surface area contributed by atoms with E-state index in [4.69, 9.17) is 4.42 Å². The maximum Gasteiger partial charge on any atom is 0.201 e. The normalized spacial score (nSPS) is 10.4. The van der Waals surface area contributed by atoms with Crippen LogP contribution in [-0.2, 0) is 0 Å². The fourth-order valence-electron chi connectivity index (χ4n) is 2.48. The number of aromatic hydroxyl groups is 1. The SMILES string of the molecule is Cc1ccc2occ(-c3ccc(O)c(C=O)c3)c(=O)c2c1C#N. The first-order valence-corrected chi connectivity index (χ1v) is 6.80. The van der Waals surface area contributed by atoms with Crippen molar-refractivity contribution in [2.75, 3.05) is 0 Å². The average Bonchev–Trinajstić information content (AvgIpc) is 2.56. The second-order valence-electron chi connectivity index (χ2n) is 5.11. The fraction of sp³-hybridized carbons (Fsp3) is 0.0556. The molecule has 0 fully saturated rings. The molecule has 0 unspecified atom stereocenters. The number of carbonyl (C=O) groups is 1. The number of carbonyl (C=O) groups excluding carboxylic acids is 1. The highest BCUT2D eigenvalue weighted by Crippen LogP contribution is 2.26. The highest BCUT2D eigenvalue weighted by molar-refractivity contribution is 5.89. The van der Waals surface area contributed by atoms with Crippen molar-refractivity contribution in [3.8, 4) is 22.9 Å². The molecule has 0 saturated carbocycles.